The van der Waals surface area contributed by atoms with Gasteiger partial charge in [0, 0.05) is 16.7 Å². The zero-order valence-corrected chi connectivity index (χ0v) is 9.79. The van der Waals surface area contributed by atoms with Gasteiger partial charge in [-0.15, -0.1) is 0 Å². The van der Waals surface area contributed by atoms with Crippen molar-refractivity contribution in [3.63, 3.8) is 0 Å². The Bertz CT molecular complexity index is 380. The normalized spacial score (nSPS) is 14.9. The lowest BCUT2D eigenvalue weighted by atomic mass is 10.2. The highest BCUT2D eigenvalue weighted by atomic mass is 35.5. The first-order chi connectivity index (χ1) is 7.74. The number of ether oxygens (including phenoxy) is 2. The van der Waals surface area contributed by atoms with Crippen LogP contribution in [0, 0.1) is 0 Å². The largest absolute Gasteiger partial charge is 0.493 e. The van der Waals surface area contributed by atoms with Gasteiger partial charge in [0.25, 0.3) is 0 Å². The predicted molar refractivity (Wildman–Crippen MR) is 60.6 cm³/mol. The minimum Gasteiger partial charge on any atom is -0.493 e. The summed E-state index contributed by atoms with van der Waals surface area (Å²) in [5, 5.41) is 0.576. The number of methoxy groups -OCH3 is 1. The van der Waals surface area contributed by atoms with E-state index in [2.05, 4.69) is 4.84 Å². The van der Waals surface area contributed by atoms with Gasteiger partial charge in [0.2, 0.25) is 0 Å². The van der Waals surface area contributed by atoms with E-state index in [4.69, 9.17) is 27.0 Å². The Kier molecular flexibility index (Phi) is 3.53. The smallest absolute Gasteiger partial charge is 0.167 e. The van der Waals surface area contributed by atoms with Crippen molar-refractivity contribution in [2.45, 2.75) is 25.6 Å². The molecule has 0 radical (unpaired) electrons. The van der Waals surface area contributed by atoms with E-state index < -0.39 is 0 Å². The molecule has 0 heterocycles. The molecule has 2 N–H and O–H groups in total. The highest BCUT2D eigenvalue weighted by molar-refractivity contribution is 6.30. The van der Waals surface area contributed by atoms with Crippen LogP contribution in [0.3, 0.4) is 0 Å². The number of halogens is 1. The van der Waals surface area contributed by atoms with Crippen LogP contribution in [0.2, 0.25) is 5.02 Å². The Morgan fingerprint density at radius 1 is 1.44 bits per heavy atom. The fourth-order valence-corrected chi connectivity index (χ4v) is 1.69. The standard InChI is InChI=1S/C11H14ClNO3/c1-14-10-5-8(12)4-7(6-15-13)11(10)16-9-2-3-9/h4-5,9H,2-3,6,13H2,1H3. The van der Waals surface area contributed by atoms with Crippen LogP contribution in [0.15, 0.2) is 12.1 Å². The van der Waals surface area contributed by atoms with Gasteiger partial charge in [-0.25, -0.2) is 5.90 Å². The monoisotopic (exact) mass is 243 g/mol. The fourth-order valence-electron chi connectivity index (χ4n) is 1.46. The molecule has 88 valence electrons. The van der Waals surface area contributed by atoms with Crippen LogP contribution in [0.25, 0.3) is 0 Å². The molecule has 4 nitrogen and oxygen atoms in total. The highest BCUT2D eigenvalue weighted by Crippen LogP contribution is 2.38. The van der Waals surface area contributed by atoms with Gasteiger partial charge in [-0.05, 0) is 18.9 Å². The van der Waals surface area contributed by atoms with Crippen molar-refractivity contribution < 1.29 is 14.3 Å². The Morgan fingerprint density at radius 2 is 2.19 bits per heavy atom. The summed E-state index contributed by atoms with van der Waals surface area (Å²) < 4.78 is 11.0. The first-order valence-electron chi connectivity index (χ1n) is 5.09. The summed E-state index contributed by atoms with van der Waals surface area (Å²) in [4.78, 5) is 4.63. The molecule has 5 heteroatoms. The van der Waals surface area contributed by atoms with Crippen LogP contribution in [-0.4, -0.2) is 13.2 Å². The SMILES string of the molecule is COc1cc(Cl)cc(CON)c1OC1CC1. The number of benzene rings is 1. The molecule has 16 heavy (non-hydrogen) atoms. The predicted octanol–water partition coefficient (Wildman–Crippen LogP) is 2.28. The number of hydrogen-bond acceptors (Lipinski definition) is 4. The van der Waals surface area contributed by atoms with Crippen molar-refractivity contribution in [3.8, 4) is 11.5 Å². The van der Waals surface area contributed by atoms with Crippen LogP contribution >= 0.6 is 11.6 Å². The van der Waals surface area contributed by atoms with Gasteiger partial charge in [-0.1, -0.05) is 11.6 Å². The average Bonchev–Trinajstić information content (AvgIpc) is 3.05. The molecule has 0 aliphatic heterocycles. The lowest BCUT2D eigenvalue weighted by molar-refractivity contribution is 0.120. The molecule has 0 unspecified atom stereocenters. The molecular formula is C11H14ClNO3. The van der Waals surface area contributed by atoms with Crippen LogP contribution in [-0.2, 0) is 11.4 Å². The highest BCUT2D eigenvalue weighted by Gasteiger charge is 2.26. The summed E-state index contributed by atoms with van der Waals surface area (Å²) >= 11 is 5.96. The van der Waals surface area contributed by atoms with Crippen LogP contribution in [0.4, 0.5) is 0 Å². The van der Waals surface area contributed by atoms with Crippen LogP contribution in [0.5, 0.6) is 11.5 Å². The van der Waals surface area contributed by atoms with Crippen molar-refractivity contribution >= 4 is 11.6 Å². The lowest BCUT2D eigenvalue weighted by Crippen LogP contribution is -2.05. The fraction of sp³-hybridized carbons (Fsp3) is 0.455. The van der Waals surface area contributed by atoms with Gasteiger partial charge < -0.3 is 9.47 Å². The zero-order chi connectivity index (χ0) is 11.5. The molecule has 2 rings (SSSR count). The molecule has 0 saturated heterocycles. The molecule has 0 amide bonds. The molecule has 0 bridgehead atoms. The summed E-state index contributed by atoms with van der Waals surface area (Å²) in [5.74, 6) is 6.38. The minimum absolute atomic E-state index is 0.249. The zero-order valence-electron chi connectivity index (χ0n) is 9.03. The van der Waals surface area contributed by atoms with Crippen molar-refractivity contribution in [1.82, 2.24) is 0 Å². The van der Waals surface area contributed by atoms with E-state index in [9.17, 15) is 0 Å². The first-order valence-corrected chi connectivity index (χ1v) is 5.47. The molecule has 1 aliphatic rings. The van der Waals surface area contributed by atoms with E-state index in [0.29, 0.717) is 16.5 Å². The molecule has 0 aromatic heterocycles. The van der Waals surface area contributed by atoms with Gasteiger partial charge in [-0.2, -0.15) is 0 Å². The Morgan fingerprint density at radius 3 is 2.75 bits per heavy atom. The second-order valence-corrected chi connectivity index (χ2v) is 4.16. The summed E-state index contributed by atoms with van der Waals surface area (Å²) in [7, 11) is 1.58. The molecule has 1 fully saturated rings. The van der Waals surface area contributed by atoms with Gasteiger partial charge in [0.05, 0.1) is 19.8 Å². The summed E-state index contributed by atoms with van der Waals surface area (Å²) in [6.07, 6.45) is 2.44. The first kappa shape index (κ1) is 11.5. The van der Waals surface area contributed by atoms with Crippen molar-refractivity contribution in [2.24, 2.45) is 5.90 Å². The Labute approximate surface area is 99.2 Å². The second-order valence-electron chi connectivity index (χ2n) is 3.72. The third kappa shape index (κ3) is 2.58. The minimum atomic E-state index is 0.249. The van der Waals surface area contributed by atoms with Crippen molar-refractivity contribution in [1.29, 1.82) is 0 Å². The van der Waals surface area contributed by atoms with E-state index >= 15 is 0 Å². The molecule has 1 aromatic carbocycles. The maximum absolute atomic E-state index is 5.96. The molecule has 1 aromatic rings. The quantitative estimate of drug-likeness (QED) is 0.807. The Hall–Kier alpha value is -0.970. The molecule has 1 aliphatic carbocycles. The van der Waals surface area contributed by atoms with Gasteiger partial charge in [0.15, 0.2) is 11.5 Å². The van der Waals surface area contributed by atoms with Crippen LogP contribution < -0.4 is 15.4 Å². The number of nitrogens with two attached hydrogens (primary N) is 1. The van der Waals surface area contributed by atoms with E-state index in [0.717, 1.165) is 18.4 Å². The van der Waals surface area contributed by atoms with Crippen LogP contribution in [0.1, 0.15) is 18.4 Å². The van der Waals surface area contributed by atoms with E-state index in [1.807, 2.05) is 0 Å². The van der Waals surface area contributed by atoms with Crippen molar-refractivity contribution in [2.75, 3.05) is 7.11 Å². The Balaban J connectivity index is 2.33. The molecule has 0 atom stereocenters. The maximum Gasteiger partial charge on any atom is 0.167 e. The van der Waals surface area contributed by atoms with E-state index in [1.165, 1.54) is 0 Å². The topological polar surface area (TPSA) is 53.7 Å². The summed E-state index contributed by atoms with van der Waals surface area (Å²) in [6.45, 7) is 0.249. The lowest BCUT2D eigenvalue weighted by Gasteiger charge is -2.14. The molecular weight excluding hydrogens is 230 g/mol. The van der Waals surface area contributed by atoms with Gasteiger partial charge in [0.1, 0.15) is 0 Å². The summed E-state index contributed by atoms with van der Waals surface area (Å²) in [6, 6.07) is 3.49. The average molecular weight is 244 g/mol. The summed E-state index contributed by atoms with van der Waals surface area (Å²) in [5.41, 5.74) is 0.804. The van der Waals surface area contributed by atoms with Crippen molar-refractivity contribution in [3.05, 3.63) is 22.7 Å². The number of rotatable bonds is 5. The maximum atomic E-state index is 5.96. The van der Waals surface area contributed by atoms with Gasteiger partial charge in [-0.3, -0.25) is 4.84 Å². The molecule has 1 saturated carbocycles. The van der Waals surface area contributed by atoms with Gasteiger partial charge >= 0.3 is 0 Å². The second kappa shape index (κ2) is 4.91. The third-order valence-corrected chi connectivity index (χ3v) is 2.58. The number of hydrogen-bond donors (Lipinski definition) is 1. The van der Waals surface area contributed by atoms with E-state index in [1.54, 1.807) is 19.2 Å². The molecule has 0 spiro atoms. The third-order valence-electron chi connectivity index (χ3n) is 2.36. The van der Waals surface area contributed by atoms with E-state index in [-0.39, 0.29) is 12.7 Å².